The molecule has 2 heterocycles. The molecule has 5 heteroatoms. The zero-order valence-corrected chi connectivity index (χ0v) is 9.13. The monoisotopic (exact) mass is 221 g/mol. The molecule has 0 amide bonds. The van der Waals surface area contributed by atoms with Crippen LogP contribution in [0.2, 0.25) is 0 Å². The highest BCUT2D eigenvalue weighted by Crippen LogP contribution is 2.10. The van der Waals surface area contributed by atoms with Gasteiger partial charge in [-0.3, -0.25) is 4.68 Å². The predicted octanol–water partition coefficient (Wildman–Crippen LogP) is 0.836. The lowest BCUT2D eigenvalue weighted by atomic mass is 10.2. The van der Waals surface area contributed by atoms with Crippen molar-refractivity contribution in [2.45, 2.75) is 12.6 Å². The van der Waals surface area contributed by atoms with E-state index in [-0.39, 0.29) is 0 Å². The van der Waals surface area contributed by atoms with Crippen LogP contribution in [0.5, 0.6) is 0 Å². The van der Waals surface area contributed by atoms with Crippen LogP contribution >= 0.6 is 0 Å². The van der Waals surface area contributed by atoms with Gasteiger partial charge in [0.25, 0.3) is 0 Å². The third-order valence-electron chi connectivity index (χ3n) is 2.36. The SMILES string of the molecule is Cn1cc(C(O)CNCc2ccoc2)cn1. The lowest BCUT2D eigenvalue weighted by Crippen LogP contribution is -2.20. The average molecular weight is 221 g/mol. The van der Waals surface area contributed by atoms with Crippen LogP contribution in [0, 0.1) is 0 Å². The highest BCUT2D eigenvalue weighted by Gasteiger charge is 2.08. The van der Waals surface area contributed by atoms with Crippen molar-refractivity contribution in [1.82, 2.24) is 15.1 Å². The average Bonchev–Trinajstić information content (AvgIpc) is 2.89. The number of hydrogen-bond acceptors (Lipinski definition) is 4. The number of furan rings is 1. The van der Waals surface area contributed by atoms with Gasteiger partial charge in [-0.05, 0) is 6.07 Å². The second-order valence-electron chi connectivity index (χ2n) is 3.73. The smallest absolute Gasteiger partial charge is 0.0947 e. The molecular weight excluding hydrogens is 206 g/mol. The Kier molecular flexibility index (Phi) is 3.38. The quantitative estimate of drug-likeness (QED) is 0.785. The largest absolute Gasteiger partial charge is 0.472 e. The summed E-state index contributed by atoms with van der Waals surface area (Å²) in [7, 11) is 1.83. The Balaban J connectivity index is 1.78. The fourth-order valence-electron chi connectivity index (χ4n) is 1.48. The zero-order chi connectivity index (χ0) is 11.4. The molecular formula is C11H15N3O2. The summed E-state index contributed by atoms with van der Waals surface area (Å²) in [6, 6.07) is 1.89. The molecule has 0 saturated heterocycles. The van der Waals surface area contributed by atoms with Gasteiger partial charge in [0.15, 0.2) is 0 Å². The van der Waals surface area contributed by atoms with Gasteiger partial charge in [-0.1, -0.05) is 0 Å². The van der Waals surface area contributed by atoms with Crippen molar-refractivity contribution in [3.63, 3.8) is 0 Å². The van der Waals surface area contributed by atoms with Crippen LogP contribution in [0.3, 0.4) is 0 Å². The van der Waals surface area contributed by atoms with Gasteiger partial charge in [-0.15, -0.1) is 0 Å². The van der Waals surface area contributed by atoms with E-state index >= 15 is 0 Å². The highest BCUT2D eigenvalue weighted by molar-refractivity contribution is 5.09. The maximum absolute atomic E-state index is 9.82. The first-order valence-electron chi connectivity index (χ1n) is 5.14. The molecule has 2 aromatic heterocycles. The molecule has 0 aromatic carbocycles. The third-order valence-corrected chi connectivity index (χ3v) is 2.36. The summed E-state index contributed by atoms with van der Waals surface area (Å²) in [6.45, 7) is 1.19. The molecule has 0 radical (unpaired) electrons. The normalized spacial score (nSPS) is 12.9. The van der Waals surface area contributed by atoms with E-state index in [2.05, 4.69) is 10.4 Å². The number of hydrogen-bond donors (Lipinski definition) is 2. The maximum Gasteiger partial charge on any atom is 0.0947 e. The van der Waals surface area contributed by atoms with Crippen molar-refractivity contribution >= 4 is 0 Å². The molecule has 0 fully saturated rings. The number of aliphatic hydroxyl groups excluding tert-OH is 1. The van der Waals surface area contributed by atoms with Crippen LogP contribution in [0.4, 0.5) is 0 Å². The molecule has 2 aromatic rings. The molecule has 86 valence electrons. The minimum Gasteiger partial charge on any atom is -0.472 e. The Morgan fingerprint density at radius 1 is 1.62 bits per heavy atom. The van der Waals surface area contributed by atoms with Gasteiger partial charge < -0.3 is 14.8 Å². The van der Waals surface area contributed by atoms with Gasteiger partial charge in [-0.25, -0.2) is 0 Å². The Bertz CT molecular complexity index is 422. The molecule has 1 atom stereocenters. The van der Waals surface area contributed by atoms with Crippen molar-refractivity contribution in [3.8, 4) is 0 Å². The fourth-order valence-corrected chi connectivity index (χ4v) is 1.48. The van der Waals surface area contributed by atoms with E-state index in [1.165, 1.54) is 0 Å². The molecule has 5 nitrogen and oxygen atoms in total. The summed E-state index contributed by atoms with van der Waals surface area (Å²) < 4.78 is 6.62. The second-order valence-corrected chi connectivity index (χ2v) is 3.73. The molecule has 16 heavy (non-hydrogen) atoms. The summed E-state index contributed by atoms with van der Waals surface area (Å²) >= 11 is 0. The van der Waals surface area contributed by atoms with E-state index in [9.17, 15) is 5.11 Å². The minimum atomic E-state index is -0.527. The van der Waals surface area contributed by atoms with Crippen molar-refractivity contribution in [3.05, 3.63) is 42.1 Å². The first-order chi connectivity index (χ1) is 7.75. The Labute approximate surface area is 93.7 Å². The van der Waals surface area contributed by atoms with E-state index < -0.39 is 6.10 Å². The molecule has 2 N–H and O–H groups in total. The summed E-state index contributed by atoms with van der Waals surface area (Å²) in [4.78, 5) is 0. The van der Waals surface area contributed by atoms with Crippen LogP contribution in [0.15, 0.2) is 35.4 Å². The van der Waals surface area contributed by atoms with Crippen LogP contribution in [-0.4, -0.2) is 21.4 Å². The zero-order valence-electron chi connectivity index (χ0n) is 9.13. The Morgan fingerprint density at radius 3 is 3.12 bits per heavy atom. The third kappa shape index (κ3) is 2.71. The summed E-state index contributed by atoms with van der Waals surface area (Å²) in [5.74, 6) is 0. The number of aromatic nitrogens is 2. The van der Waals surface area contributed by atoms with Crippen LogP contribution < -0.4 is 5.32 Å². The van der Waals surface area contributed by atoms with E-state index in [0.29, 0.717) is 13.1 Å². The standard InChI is InChI=1S/C11H15N3O2/c1-14-7-10(5-13-14)11(15)6-12-4-9-2-3-16-8-9/h2-3,5,7-8,11-12,15H,4,6H2,1H3. The Morgan fingerprint density at radius 2 is 2.50 bits per heavy atom. The summed E-state index contributed by atoms with van der Waals surface area (Å²) in [5.41, 5.74) is 1.89. The predicted molar refractivity (Wildman–Crippen MR) is 58.6 cm³/mol. The topological polar surface area (TPSA) is 63.2 Å². The van der Waals surface area contributed by atoms with E-state index in [1.807, 2.05) is 19.3 Å². The van der Waals surface area contributed by atoms with E-state index in [4.69, 9.17) is 4.42 Å². The summed E-state index contributed by atoms with van der Waals surface area (Å²) in [6.07, 6.45) is 6.27. The minimum absolute atomic E-state index is 0.497. The molecule has 0 saturated carbocycles. The van der Waals surface area contributed by atoms with Crippen molar-refractivity contribution in [2.24, 2.45) is 7.05 Å². The molecule has 0 aliphatic carbocycles. The van der Waals surface area contributed by atoms with E-state index in [1.54, 1.807) is 23.4 Å². The van der Waals surface area contributed by atoms with Crippen LogP contribution in [0.1, 0.15) is 17.2 Å². The molecule has 0 aliphatic rings. The maximum atomic E-state index is 9.82. The van der Waals surface area contributed by atoms with Crippen molar-refractivity contribution in [1.29, 1.82) is 0 Å². The summed E-state index contributed by atoms with van der Waals surface area (Å²) in [5, 5.41) is 17.0. The number of aryl methyl sites for hydroxylation is 1. The first kappa shape index (κ1) is 10.9. The van der Waals surface area contributed by atoms with Gasteiger partial charge in [0.1, 0.15) is 0 Å². The van der Waals surface area contributed by atoms with Gasteiger partial charge in [-0.2, -0.15) is 5.10 Å². The van der Waals surface area contributed by atoms with Crippen molar-refractivity contribution < 1.29 is 9.52 Å². The van der Waals surface area contributed by atoms with Crippen LogP contribution in [-0.2, 0) is 13.6 Å². The number of rotatable bonds is 5. The Hall–Kier alpha value is -1.59. The van der Waals surface area contributed by atoms with Crippen LogP contribution in [0.25, 0.3) is 0 Å². The lowest BCUT2D eigenvalue weighted by molar-refractivity contribution is 0.174. The fraction of sp³-hybridized carbons (Fsp3) is 0.364. The lowest BCUT2D eigenvalue weighted by Gasteiger charge is -2.08. The van der Waals surface area contributed by atoms with Gasteiger partial charge >= 0.3 is 0 Å². The van der Waals surface area contributed by atoms with Gasteiger partial charge in [0, 0.05) is 37.5 Å². The van der Waals surface area contributed by atoms with E-state index in [0.717, 1.165) is 11.1 Å². The molecule has 0 spiro atoms. The molecule has 1 unspecified atom stereocenters. The first-order valence-corrected chi connectivity index (χ1v) is 5.14. The number of nitrogens with zero attached hydrogens (tertiary/aromatic N) is 2. The van der Waals surface area contributed by atoms with Gasteiger partial charge in [0.05, 0.1) is 24.8 Å². The molecule has 2 rings (SSSR count). The van der Waals surface area contributed by atoms with Crippen molar-refractivity contribution in [2.75, 3.05) is 6.54 Å². The van der Waals surface area contributed by atoms with Gasteiger partial charge in [0.2, 0.25) is 0 Å². The second kappa shape index (κ2) is 4.96. The highest BCUT2D eigenvalue weighted by atomic mass is 16.3. The molecule has 0 aliphatic heterocycles. The number of aliphatic hydroxyl groups is 1. The molecule has 0 bridgehead atoms. The number of nitrogens with one attached hydrogen (secondary N) is 1.